The predicted molar refractivity (Wildman–Crippen MR) is 71.4 cm³/mol. The lowest BCUT2D eigenvalue weighted by atomic mass is 10.0. The van der Waals surface area contributed by atoms with E-state index in [1.165, 1.54) is 25.7 Å². The van der Waals surface area contributed by atoms with Gasteiger partial charge in [-0.2, -0.15) is 0 Å². The molecule has 0 saturated heterocycles. The van der Waals surface area contributed by atoms with Gasteiger partial charge in [-0.05, 0) is 36.6 Å². The summed E-state index contributed by atoms with van der Waals surface area (Å²) in [5, 5.41) is 19.1. The largest absolute Gasteiger partial charge is 0.508 e. The Labute approximate surface area is 107 Å². The fourth-order valence-corrected chi connectivity index (χ4v) is 3.28. The van der Waals surface area contributed by atoms with Crippen LogP contribution in [0.15, 0.2) is 29.2 Å². The van der Waals surface area contributed by atoms with Crippen LogP contribution in [0.5, 0.6) is 5.75 Å². The molecule has 1 aliphatic rings. The highest BCUT2D eigenvalue weighted by Crippen LogP contribution is 2.30. The Bertz CT molecular complexity index is 331. The van der Waals surface area contributed by atoms with Crippen molar-refractivity contribution in [2.24, 2.45) is 5.92 Å². The number of hydrogen-bond acceptors (Lipinski definition) is 3. The molecule has 2 rings (SSSR count). The quantitative estimate of drug-likeness (QED) is 0.789. The summed E-state index contributed by atoms with van der Waals surface area (Å²) in [6, 6.07) is 7.15. The van der Waals surface area contributed by atoms with Crippen LogP contribution in [0.25, 0.3) is 0 Å². The molecule has 3 heteroatoms. The molecule has 1 fully saturated rings. The molecule has 2 nitrogen and oxygen atoms in total. The monoisotopic (exact) mass is 252 g/mol. The minimum absolute atomic E-state index is 0.197. The van der Waals surface area contributed by atoms with E-state index in [0.29, 0.717) is 5.75 Å². The second-order valence-corrected chi connectivity index (χ2v) is 5.94. The number of benzene rings is 1. The van der Waals surface area contributed by atoms with Crippen LogP contribution in [0.4, 0.5) is 0 Å². The third kappa shape index (κ3) is 4.25. The van der Waals surface area contributed by atoms with E-state index in [1.807, 2.05) is 12.1 Å². The van der Waals surface area contributed by atoms with Gasteiger partial charge in [0.2, 0.25) is 0 Å². The maximum Gasteiger partial charge on any atom is 0.115 e. The molecular weight excluding hydrogens is 232 g/mol. The molecule has 0 spiro atoms. The van der Waals surface area contributed by atoms with Crippen molar-refractivity contribution in [1.29, 1.82) is 0 Å². The van der Waals surface area contributed by atoms with Crippen molar-refractivity contribution in [3.05, 3.63) is 24.3 Å². The van der Waals surface area contributed by atoms with E-state index in [0.717, 1.165) is 23.0 Å². The van der Waals surface area contributed by atoms with Gasteiger partial charge in [0.25, 0.3) is 0 Å². The Morgan fingerprint density at radius 1 is 1.18 bits per heavy atom. The summed E-state index contributed by atoms with van der Waals surface area (Å²) in [5.74, 6) is 1.78. The first-order valence-corrected chi connectivity index (χ1v) is 7.32. The summed E-state index contributed by atoms with van der Waals surface area (Å²) in [7, 11) is 0. The van der Waals surface area contributed by atoms with Gasteiger partial charge in [-0.3, -0.25) is 0 Å². The number of rotatable bonds is 5. The van der Waals surface area contributed by atoms with Gasteiger partial charge >= 0.3 is 0 Å². The van der Waals surface area contributed by atoms with Gasteiger partial charge in [0.15, 0.2) is 0 Å². The van der Waals surface area contributed by atoms with E-state index in [9.17, 15) is 5.11 Å². The van der Waals surface area contributed by atoms with Gasteiger partial charge in [0, 0.05) is 10.6 Å². The number of phenolic OH excluding ortho intramolecular Hbond substituents is 1. The minimum atomic E-state index is -0.197. The lowest BCUT2D eigenvalue weighted by Crippen LogP contribution is -2.14. The molecule has 17 heavy (non-hydrogen) atoms. The predicted octanol–water partition coefficient (Wildman–Crippen LogP) is 3.43. The highest BCUT2D eigenvalue weighted by Gasteiger charge is 2.18. The standard InChI is InChI=1S/C14H20O2S/c15-12-5-7-14(8-6-12)17-10-13(16)9-11-3-1-2-4-11/h5-8,11,13,15-16H,1-4,9-10H2. The van der Waals surface area contributed by atoms with Crippen LogP contribution in [0.2, 0.25) is 0 Å². The first-order valence-electron chi connectivity index (χ1n) is 6.34. The van der Waals surface area contributed by atoms with Gasteiger partial charge in [-0.1, -0.05) is 25.7 Å². The maximum absolute atomic E-state index is 9.96. The van der Waals surface area contributed by atoms with Crippen LogP contribution in [0.1, 0.15) is 32.1 Å². The molecule has 1 aromatic rings. The zero-order valence-electron chi connectivity index (χ0n) is 10.0. The number of phenols is 1. The molecule has 2 N–H and O–H groups in total. The van der Waals surface area contributed by atoms with Crippen molar-refractivity contribution in [1.82, 2.24) is 0 Å². The summed E-state index contributed by atoms with van der Waals surface area (Å²) >= 11 is 1.66. The molecule has 0 bridgehead atoms. The van der Waals surface area contributed by atoms with Gasteiger partial charge in [-0.25, -0.2) is 0 Å². The van der Waals surface area contributed by atoms with Crippen molar-refractivity contribution in [2.75, 3.05) is 5.75 Å². The molecule has 1 aromatic carbocycles. The summed E-state index contributed by atoms with van der Waals surface area (Å²) in [5.41, 5.74) is 0. The van der Waals surface area contributed by atoms with Crippen molar-refractivity contribution >= 4 is 11.8 Å². The Hall–Kier alpha value is -0.670. The highest BCUT2D eigenvalue weighted by molar-refractivity contribution is 7.99. The van der Waals surface area contributed by atoms with Crippen LogP contribution < -0.4 is 0 Å². The van der Waals surface area contributed by atoms with Crippen LogP contribution in [0, 0.1) is 5.92 Å². The summed E-state index contributed by atoms with van der Waals surface area (Å²) < 4.78 is 0. The average molecular weight is 252 g/mol. The number of aliphatic hydroxyl groups is 1. The maximum atomic E-state index is 9.96. The van der Waals surface area contributed by atoms with Crippen LogP contribution in [-0.4, -0.2) is 22.1 Å². The van der Waals surface area contributed by atoms with Crippen molar-refractivity contribution in [3.63, 3.8) is 0 Å². The molecule has 0 radical (unpaired) electrons. The van der Waals surface area contributed by atoms with Crippen LogP contribution in [0.3, 0.4) is 0 Å². The summed E-state index contributed by atoms with van der Waals surface area (Å²) in [4.78, 5) is 1.10. The van der Waals surface area contributed by atoms with Gasteiger partial charge in [0.05, 0.1) is 6.10 Å². The third-order valence-electron chi connectivity index (χ3n) is 3.36. The SMILES string of the molecule is Oc1ccc(SCC(O)CC2CCCC2)cc1. The Kier molecular flexibility index (Phi) is 4.75. The zero-order valence-corrected chi connectivity index (χ0v) is 10.8. The van der Waals surface area contributed by atoms with Crippen molar-refractivity contribution in [2.45, 2.75) is 43.1 Å². The third-order valence-corrected chi connectivity index (χ3v) is 4.52. The van der Waals surface area contributed by atoms with Crippen LogP contribution in [-0.2, 0) is 0 Å². The molecule has 0 aromatic heterocycles. The number of aliphatic hydroxyl groups excluding tert-OH is 1. The molecule has 1 unspecified atom stereocenters. The number of thioether (sulfide) groups is 1. The zero-order chi connectivity index (χ0) is 12.1. The number of hydrogen-bond donors (Lipinski definition) is 2. The Morgan fingerprint density at radius 2 is 1.82 bits per heavy atom. The lowest BCUT2D eigenvalue weighted by Gasteiger charge is -2.14. The molecular formula is C14H20O2S. The second-order valence-electron chi connectivity index (χ2n) is 4.84. The first-order chi connectivity index (χ1) is 8.24. The Morgan fingerprint density at radius 3 is 2.47 bits per heavy atom. The smallest absolute Gasteiger partial charge is 0.115 e. The van der Waals surface area contributed by atoms with Gasteiger partial charge in [-0.15, -0.1) is 11.8 Å². The van der Waals surface area contributed by atoms with Gasteiger partial charge in [0.1, 0.15) is 5.75 Å². The molecule has 94 valence electrons. The first kappa shape index (κ1) is 12.8. The highest BCUT2D eigenvalue weighted by atomic mass is 32.2. The van der Waals surface area contributed by atoms with Gasteiger partial charge < -0.3 is 10.2 Å². The van der Waals surface area contributed by atoms with Crippen molar-refractivity contribution < 1.29 is 10.2 Å². The number of aromatic hydroxyl groups is 1. The van der Waals surface area contributed by atoms with Crippen LogP contribution >= 0.6 is 11.8 Å². The van der Waals surface area contributed by atoms with E-state index in [-0.39, 0.29) is 6.10 Å². The normalized spacial score (nSPS) is 18.4. The van der Waals surface area contributed by atoms with E-state index in [1.54, 1.807) is 23.9 Å². The van der Waals surface area contributed by atoms with E-state index < -0.39 is 0 Å². The summed E-state index contributed by atoms with van der Waals surface area (Å²) in [6.07, 6.45) is 6.01. The second kappa shape index (κ2) is 6.31. The minimum Gasteiger partial charge on any atom is -0.508 e. The fraction of sp³-hybridized carbons (Fsp3) is 0.571. The van der Waals surface area contributed by atoms with E-state index in [2.05, 4.69) is 0 Å². The Balaban J connectivity index is 1.71. The van der Waals surface area contributed by atoms with E-state index >= 15 is 0 Å². The molecule has 1 atom stereocenters. The lowest BCUT2D eigenvalue weighted by molar-refractivity contribution is 0.166. The average Bonchev–Trinajstić information content (AvgIpc) is 2.81. The summed E-state index contributed by atoms with van der Waals surface area (Å²) in [6.45, 7) is 0. The molecule has 0 heterocycles. The molecule has 0 amide bonds. The topological polar surface area (TPSA) is 40.5 Å². The fourth-order valence-electron chi connectivity index (χ4n) is 2.43. The van der Waals surface area contributed by atoms with Crippen molar-refractivity contribution in [3.8, 4) is 5.75 Å². The van der Waals surface area contributed by atoms with E-state index in [4.69, 9.17) is 5.11 Å². The molecule has 0 aliphatic heterocycles. The molecule has 1 aliphatic carbocycles. The molecule has 1 saturated carbocycles.